The fourth-order valence-electron chi connectivity index (χ4n) is 2.54. The molecule has 0 bridgehead atoms. The highest BCUT2D eigenvalue weighted by molar-refractivity contribution is 5.55. The number of benzene rings is 2. The van der Waals surface area contributed by atoms with Crippen molar-refractivity contribution < 1.29 is 13.7 Å². The average molecular weight is 341 g/mol. The summed E-state index contributed by atoms with van der Waals surface area (Å²) < 4.78 is 23.9. The van der Waals surface area contributed by atoms with Gasteiger partial charge in [-0.1, -0.05) is 17.3 Å². The predicted octanol–water partition coefficient (Wildman–Crippen LogP) is 4.50. The van der Waals surface area contributed by atoms with Gasteiger partial charge >= 0.3 is 0 Å². The van der Waals surface area contributed by atoms with Crippen molar-refractivity contribution >= 4 is 5.69 Å². The van der Waals surface area contributed by atoms with E-state index in [0.29, 0.717) is 23.9 Å². The van der Waals surface area contributed by atoms with Gasteiger partial charge in [0, 0.05) is 18.4 Å². The van der Waals surface area contributed by atoms with Gasteiger partial charge in [0.2, 0.25) is 11.7 Å². The summed E-state index contributed by atoms with van der Waals surface area (Å²) in [6, 6.07) is 12.5. The van der Waals surface area contributed by atoms with E-state index >= 15 is 0 Å². The Hall–Kier alpha value is -2.73. The maximum atomic E-state index is 13.4. The minimum Gasteiger partial charge on any atom is -0.380 e. The van der Waals surface area contributed by atoms with Crippen LogP contribution in [0.5, 0.6) is 0 Å². The Morgan fingerprint density at radius 3 is 2.84 bits per heavy atom. The van der Waals surface area contributed by atoms with Crippen molar-refractivity contribution in [1.82, 2.24) is 10.1 Å². The third kappa shape index (κ3) is 4.03. The third-order valence-electron chi connectivity index (χ3n) is 3.85. The zero-order valence-corrected chi connectivity index (χ0v) is 14.4. The first-order valence-electron chi connectivity index (χ1n) is 8.01. The standard InChI is InChI=1S/C19H20FN3O2/c1-12-9-15(7-8-17(12)20)18-22-19(25-23-18)13(2)21-16-6-4-5-14(10-16)11-24-3/h4-10,13,21H,11H2,1-3H3. The summed E-state index contributed by atoms with van der Waals surface area (Å²) in [6.45, 7) is 4.20. The van der Waals surface area contributed by atoms with Crippen LogP contribution in [-0.4, -0.2) is 17.3 Å². The molecule has 1 unspecified atom stereocenters. The number of nitrogens with one attached hydrogen (secondary N) is 1. The number of hydrogen-bond acceptors (Lipinski definition) is 5. The highest BCUT2D eigenvalue weighted by Gasteiger charge is 2.16. The molecule has 1 heterocycles. The van der Waals surface area contributed by atoms with E-state index in [0.717, 1.165) is 16.8 Å². The molecule has 0 aliphatic rings. The zero-order valence-electron chi connectivity index (χ0n) is 14.4. The Morgan fingerprint density at radius 1 is 1.24 bits per heavy atom. The molecule has 0 aliphatic carbocycles. The molecule has 0 spiro atoms. The third-order valence-corrected chi connectivity index (χ3v) is 3.85. The van der Waals surface area contributed by atoms with Crippen molar-refractivity contribution in [3.8, 4) is 11.4 Å². The average Bonchev–Trinajstić information content (AvgIpc) is 3.08. The lowest BCUT2D eigenvalue weighted by molar-refractivity contribution is 0.185. The largest absolute Gasteiger partial charge is 0.380 e. The maximum absolute atomic E-state index is 13.4. The lowest BCUT2D eigenvalue weighted by Gasteiger charge is -2.12. The molecule has 0 aliphatic heterocycles. The fourth-order valence-corrected chi connectivity index (χ4v) is 2.54. The second-order valence-electron chi connectivity index (χ2n) is 5.92. The highest BCUT2D eigenvalue weighted by Crippen LogP contribution is 2.23. The summed E-state index contributed by atoms with van der Waals surface area (Å²) in [5, 5.41) is 7.33. The molecule has 5 nitrogen and oxygen atoms in total. The molecule has 0 saturated heterocycles. The number of rotatable bonds is 6. The molecule has 6 heteroatoms. The van der Waals surface area contributed by atoms with Crippen molar-refractivity contribution in [3.05, 3.63) is 65.3 Å². The lowest BCUT2D eigenvalue weighted by atomic mass is 10.1. The van der Waals surface area contributed by atoms with Gasteiger partial charge in [0.05, 0.1) is 6.61 Å². The summed E-state index contributed by atoms with van der Waals surface area (Å²) in [6.07, 6.45) is 0. The molecular weight excluding hydrogens is 321 g/mol. The van der Waals surface area contributed by atoms with Crippen LogP contribution < -0.4 is 5.32 Å². The SMILES string of the molecule is COCc1cccc(NC(C)c2nc(-c3ccc(F)c(C)c3)no2)c1. The van der Waals surface area contributed by atoms with Crippen LogP contribution in [0.2, 0.25) is 0 Å². The quantitative estimate of drug-likeness (QED) is 0.715. The summed E-state index contributed by atoms with van der Waals surface area (Å²) in [5.41, 5.74) is 3.29. The molecule has 1 atom stereocenters. The first-order valence-corrected chi connectivity index (χ1v) is 8.01. The van der Waals surface area contributed by atoms with Gasteiger partial charge in [0.15, 0.2) is 0 Å². The van der Waals surface area contributed by atoms with E-state index in [-0.39, 0.29) is 11.9 Å². The van der Waals surface area contributed by atoms with Gasteiger partial charge in [-0.05, 0) is 55.3 Å². The first-order chi connectivity index (χ1) is 12.1. The van der Waals surface area contributed by atoms with Crippen molar-refractivity contribution in [1.29, 1.82) is 0 Å². The van der Waals surface area contributed by atoms with Crippen LogP contribution in [-0.2, 0) is 11.3 Å². The predicted molar refractivity (Wildman–Crippen MR) is 93.6 cm³/mol. The van der Waals surface area contributed by atoms with Crippen LogP contribution in [0.4, 0.5) is 10.1 Å². The van der Waals surface area contributed by atoms with Crippen LogP contribution in [0, 0.1) is 12.7 Å². The summed E-state index contributed by atoms with van der Waals surface area (Å²) in [7, 11) is 1.67. The summed E-state index contributed by atoms with van der Waals surface area (Å²) in [5.74, 6) is 0.660. The van der Waals surface area contributed by atoms with Gasteiger partial charge in [0.25, 0.3) is 0 Å². The molecule has 1 aromatic heterocycles. The van der Waals surface area contributed by atoms with Gasteiger partial charge in [-0.25, -0.2) is 4.39 Å². The smallest absolute Gasteiger partial charge is 0.249 e. The number of aryl methyl sites for hydroxylation is 1. The monoisotopic (exact) mass is 341 g/mol. The molecule has 0 fully saturated rings. The molecule has 3 rings (SSSR count). The number of ether oxygens (including phenoxy) is 1. The highest BCUT2D eigenvalue weighted by atomic mass is 19.1. The van der Waals surface area contributed by atoms with Crippen molar-refractivity contribution in [3.63, 3.8) is 0 Å². The van der Waals surface area contributed by atoms with Gasteiger partial charge in [-0.15, -0.1) is 0 Å². The van der Waals surface area contributed by atoms with E-state index in [9.17, 15) is 4.39 Å². The van der Waals surface area contributed by atoms with Gasteiger partial charge in [0.1, 0.15) is 11.9 Å². The maximum Gasteiger partial charge on any atom is 0.249 e. The van der Waals surface area contributed by atoms with E-state index < -0.39 is 0 Å². The van der Waals surface area contributed by atoms with Crippen LogP contribution >= 0.6 is 0 Å². The molecule has 130 valence electrons. The fraction of sp³-hybridized carbons (Fsp3) is 0.263. The van der Waals surface area contributed by atoms with Crippen LogP contribution in [0.3, 0.4) is 0 Å². The normalized spacial score (nSPS) is 12.2. The van der Waals surface area contributed by atoms with Crippen molar-refractivity contribution in [2.24, 2.45) is 0 Å². The van der Waals surface area contributed by atoms with E-state index in [4.69, 9.17) is 9.26 Å². The van der Waals surface area contributed by atoms with Crippen LogP contribution in [0.25, 0.3) is 11.4 Å². The van der Waals surface area contributed by atoms with E-state index in [2.05, 4.69) is 15.5 Å². The molecule has 1 N–H and O–H groups in total. The summed E-state index contributed by atoms with van der Waals surface area (Å²) in [4.78, 5) is 4.42. The molecule has 2 aromatic carbocycles. The molecule has 0 amide bonds. The molecular formula is C19H20FN3O2. The van der Waals surface area contributed by atoms with Gasteiger partial charge in [-0.3, -0.25) is 0 Å². The number of nitrogens with zero attached hydrogens (tertiary/aromatic N) is 2. The van der Waals surface area contributed by atoms with Gasteiger partial charge < -0.3 is 14.6 Å². The molecule has 0 saturated carbocycles. The molecule has 3 aromatic rings. The number of anilines is 1. The lowest BCUT2D eigenvalue weighted by Crippen LogP contribution is -2.07. The van der Waals surface area contributed by atoms with Crippen molar-refractivity contribution in [2.45, 2.75) is 26.5 Å². The van der Waals surface area contributed by atoms with Gasteiger partial charge in [-0.2, -0.15) is 4.98 Å². The Kier molecular flexibility index (Phi) is 5.09. The minimum atomic E-state index is -0.251. The summed E-state index contributed by atoms with van der Waals surface area (Å²) >= 11 is 0. The molecule has 0 radical (unpaired) electrons. The Morgan fingerprint density at radius 2 is 2.08 bits per heavy atom. The van der Waals surface area contributed by atoms with Crippen LogP contribution in [0.1, 0.15) is 30.0 Å². The Bertz CT molecular complexity index is 863. The molecule has 25 heavy (non-hydrogen) atoms. The number of hydrogen-bond donors (Lipinski definition) is 1. The topological polar surface area (TPSA) is 60.2 Å². The van der Waals surface area contributed by atoms with Crippen molar-refractivity contribution in [2.75, 3.05) is 12.4 Å². The zero-order chi connectivity index (χ0) is 17.8. The van der Waals surface area contributed by atoms with E-state index in [1.807, 2.05) is 31.2 Å². The van der Waals surface area contributed by atoms with E-state index in [1.165, 1.54) is 6.07 Å². The Balaban J connectivity index is 1.75. The second kappa shape index (κ2) is 7.44. The Labute approximate surface area is 145 Å². The number of aromatic nitrogens is 2. The number of halogens is 1. The minimum absolute atomic E-state index is 0.166. The number of methoxy groups -OCH3 is 1. The van der Waals surface area contributed by atoms with Crippen LogP contribution in [0.15, 0.2) is 47.0 Å². The van der Waals surface area contributed by atoms with E-state index in [1.54, 1.807) is 26.2 Å². The second-order valence-corrected chi connectivity index (χ2v) is 5.92. The first kappa shape index (κ1) is 17.1.